The van der Waals surface area contributed by atoms with E-state index in [0.29, 0.717) is 49.9 Å². The van der Waals surface area contributed by atoms with E-state index in [0.717, 1.165) is 56.4 Å². The van der Waals surface area contributed by atoms with Gasteiger partial charge in [-0.2, -0.15) is 21.4 Å². The molecule has 3 aliphatic rings. The smallest absolute Gasteiger partial charge is 0.327 e. The Hall–Kier alpha value is -8.56. The average Bonchev–Trinajstić information content (AvgIpc) is 1.60. The number of thioether (sulfide) groups is 1. The van der Waals surface area contributed by atoms with Gasteiger partial charge in [0.25, 0.3) is 20.2 Å². The molecule has 26 heteroatoms. The molecule has 101 heavy (non-hydrogen) atoms. The molecular formula is C75H95N6O17S3+. The molecule has 0 radical (unpaired) electrons. The van der Waals surface area contributed by atoms with E-state index in [2.05, 4.69) is 94.9 Å². The summed E-state index contributed by atoms with van der Waals surface area (Å²) in [5.74, 6) is -7.70. The van der Waals surface area contributed by atoms with Gasteiger partial charge in [0.2, 0.25) is 17.5 Å². The number of hydrogen-bond donors (Lipinski definition) is 9. The Morgan fingerprint density at radius 3 is 1.88 bits per heavy atom. The summed E-state index contributed by atoms with van der Waals surface area (Å²) in [5.41, 5.74) is 8.16. The molecule has 4 aromatic rings. The van der Waals surface area contributed by atoms with Crippen molar-refractivity contribution in [2.24, 2.45) is 5.92 Å². The molecule has 2 heterocycles. The first-order valence-corrected chi connectivity index (χ1v) is 38.5. The zero-order valence-corrected chi connectivity index (χ0v) is 60.2. The number of ketones is 2. The second-order valence-corrected chi connectivity index (χ2v) is 31.1. The van der Waals surface area contributed by atoms with Gasteiger partial charge in [0.15, 0.2) is 11.5 Å². The number of allylic oxidation sites excluding steroid dienone is 7. The Labute approximate surface area is 596 Å². The number of amides is 4. The molecule has 0 fully saturated rings. The second-order valence-electron chi connectivity index (χ2n) is 26.9. The molecule has 0 bridgehead atoms. The number of fused-ring (bicyclic) bond motifs is 2. The molecule has 1 aliphatic carbocycles. The summed E-state index contributed by atoms with van der Waals surface area (Å²) in [6, 6.07) is 29.2. The minimum atomic E-state index is -4.18. The van der Waals surface area contributed by atoms with E-state index in [1.807, 2.05) is 36.4 Å². The predicted molar refractivity (Wildman–Crippen MR) is 388 cm³/mol. The van der Waals surface area contributed by atoms with Crippen LogP contribution in [0.15, 0.2) is 155 Å². The molecule has 0 saturated heterocycles. The van der Waals surface area contributed by atoms with Crippen molar-refractivity contribution in [3.8, 4) is 0 Å². The maximum absolute atomic E-state index is 14.9. The maximum Gasteiger partial charge on any atom is 0.327 e. The summed E-state index contributed by atoms with van der Waals surface area (Å²) in [6.07, 6.45) is 11.2. The molecule has 0 unspecified atom stereocenters. The maximum atomic E-state index is 14.9. The second kappa shape index (κ2) is 37.4. The van der Waals surface area contributed by atoms with Gasteiger partial charge in [-0.3, -0.25) is 33.1 Å². The molecule has 0 aromatic heterocycles. The van der Waals surface area contributed by atoms with Crippen LogP contribution in [0.4, 0.5) is 16.2 Å². The molecule has 0 spiro atoms. The number of benzene rings is 4. The third-order valence-corrected chi connectivity index (χ3v) is 21.4. The van der Waals surface area contributed by atoms with Crippen molar-refractivity contribution in [2.75, 3.05) is 41.8 Å². The fourth-order valence-electron chi connectivity index (χ4n) is 13.1. The fourth-order valence-corrected chi connectivity index (χ4v) is 15.5. The first kappa shape index (κ1) is 79.8. The Morgan fingerprint density at radius 1 is 0.614 bits per heavy atom. The molecule has 4 amide bonds. The van der Waals surface area contributed by atoms with Crippen molar-refractivity contribution >= 4 is 96.4 Å². The molecule has 4 atom stereocenters. The standard InChI is InChI=1S/C75H94N6O17S3/c1-74(2)57-30-12-14-32-62(57)80(43-17-19-45-100(93,94)95)65(74)40-36-53-27-21-28-54(37-41-66-75(3,4)58-31-13-15-33-63(58)81(66)44-18-20-46-101(96,97)98)69(53)99-50-61(72(90)91)78-70(87)55(47-51-23-7-5-8-24-51)49-64(83)60(48-52-25-9-6-10-26-52)77-67(84)34-16-11-29-56(82)38-39-59(71(88)89)79-73(92)76-42-22-35-68(85)86/h5-10,12-15,23-26,30-33,36-37,40-41,55,59-61H,11,16-22,27-29,34-35,38-39,42-50H2,1-4H3,(H8-,76,77,78,79,84,85,86,87,88,89,90,91,92,93,94,95,96,97,98)/p+1/t55-,59+,60+,61+/m1/s1. The van der Waals surface area contributed by atoms with Gasteiger partial charge in [0, 0.05) is 103 Å². The number of hydrogen-bond acceptors (Lipinski definition) is 14. The van der Waals surface area contributed by atoms with Crippen LogP contribution >= 0.6 is 11.8 Å². The Morgan fingerprint density at radius 2 is 1.23 bits per heavy atom. The summed E-state index contributed by atoms with van der Waals surface area (Å²) in [4.78, 5) is 108. The third-order valence-electron chi connectivity index (χ3n) is 18.5. The Bertz CT molecular complexity index is 4040. The first-order valence-electron chi connectivity index (χ1n) is 34.3. The number of Topliss-reactive ketones (excluding diaryl/α,β-unsaturated/α-hetero) is 2. The molecule has 9 N–H and O–H groups in total. The van der Waals surface area contributed by atoms with E-state index in [1.54, 1.807) is 60.7 Å². The summed E-state index contributed by atoms with van der Waals surface area (Å²) in [6.45, 7) is 9.39. The molecule has 23 nitrogen and oxygen atoms in total. The van der Waals surface area contributed by atoms with Crippen molar-refractivity contribution in [1.29, 1.82) is 0 Å². The minimum Gasteiger partial charge on any atom is -0.481 e. The fraction of sp³-hybridized carbons (Fsp3) is 0.453. The summed E-state index contributed by atoms with van der Waals surface area (Å²) in [7, 11) is -8.36. The number of rotatable bonds is 41. The van der Waals surface area contributed by atoms with Crippen molar-refractivity contribution in [2.45, 2.75) is 172 Å². The van der Waals surface area contributed by atoms with E-state index in [9.17, 15) is 74.5 Å². The SMILES string of the molecule is CC1(C)C(=CC=C2CCCC(C=CC3=[N+](CCCCS(=O)(=O)O)c4ccccc4C3(C)C)=C2SC[C@H](NC(=O)[C@@H](CC(=O)[C@H](Cc2ccccc2)NC(=O)CCCCC(=O)CC[C@H](NC(=O)NCCCC(=O)O)C(=O)O)Cc2ccccc2)C(=O)O)N(CCCCS(=O)(=O)O)c2ccccc21. The van der Waals surface area contributed by atoms with Gasteiger partial charge in [0.1, 0.15) is 24.4 Å². The van der Waals surface area contributed by atoms with Crippen LogP contribution in [-0.4, -0.2) is 154 Å². The molecule has 2 aliphatic heterocycles. The van der Waals surface area contributed by atoms with E-state index in [-0.39, 0.29) is 113 Å². The van der Waals surface area contributed by atoms with Crippen LogP contribution in [0.5, 0.6) is 0 Å². The summed E-state index contributed by atoms with van der Waals surface area (Å²) in [5, 5.41) is 39.9. The number of unbranched alkanes of at least 4 members (excludes halogenated alkanes) is 3. The van der Waals surface area contributed by atoms with Crippen LogP contribution in [0.1, 0.15) is 153 Å². The zero-order valence-electron chi connectivity index (χ0n) is 57.7. The number of urea groups is 1. The molecule has 7 rings (SSSR count). The van der Waals surface area contributed by atoms with Gasteiger partial charge in [-0.05, 0) is 131 Å². The van der Waals surface area contributed by atoms with E-state index >= 15 is 0 Å². The van der Waals surface area contributed by atoms with Crippen molar-refractivity contribution < 1.29 is 84.2 Å². The minimum absolute atomic E-state index is 0.00411. The van der Waals surface area contributed by atoms with E-state index < -0.39 is 96.6 Å². The largest absolute Gasteiger partial charge is 0.481 e. The van der Waals surface area contributed by atoms with Crippen LogP contribution in [0.3, 0.4) is 0 Å². The lowest BCUT2D eigenvalue weighted by Gasteiger charge is -2.28. The first-order chi connectivity index (χ1) is 47.9. The predicted octanol–water partition coefficient (Wildman–Crippen LogP) is 10.4. The number of carboxylic acid groups (broad SMARTS) is 3. The van der Waals surface area contributed by atoms with Crippen molar-refractivity contribution in [1.82, 2.24) is 21.3 Å². The molecule has 4 aromatic carbocycles. The Kier molecular flexibility index (Phi) is 29.5. The highest BCUT2D eigenvalue weighted by Gasteiger charge is 2.44. The highest BCUT2D eigenvalue weighted by atomic mass is 32.2. The van der Waals surface area contributed by atoms with Gasteiger partial charge in [-0.25, -0.2) is 14.4 Å². The van der Waals surface area contributed by atoms with Gasteiger partial charge >= 0.3 is 23.9 Å². The van der Waals surface area contributed by atoms with Crippen LogP contribution in [0.2, 0.25) is 0 Å². The number of anilines is 1. The number of carbonyl (C=O) groups is 8. The quantitative estimate of drug-likeness (QED) is 0.0113. The zero-order chi connectivity index (χ0) is 73.5. The number of carboxylic acids is 3. The lowest BCUT2D eigenvalue weighted by atomic mass is 9.81. The summed E-state index contributed by atoms with van der Waals surface area (Å²) < 4.78 is 68.3. The highest BCUT2D eigenvalue weighted by Crippen LogP contribution is 2.49. The van der Waals surface area contributed by atoms with Crippen LogP contribution in [-0.2, 0) is 77.5 Å². The third kappa shape index (κ3) is 24.3. The number of nitrogens with zero attached hydrogens (tertiary/aromatic N) is 2. The topological polar surface area (TPSA) is 360 Å². The van der Waals surface area contributed by atoms with Crippen LogP contribution in [0.25, 0.3) is 0 Å². The van der Waals surface area contributed by atoms with E-state index in [1.165, 1.54) is 11.8 Å². The van der Waals surface area contributed by atoms with Gasteiger partial charge < -0.3 is 41.5 Å². The Balaban J connectivity index is 1.14. The lowest BCUT2D eigenvalue weighted by molar-refractivity contribution is -0.438. The van der Waals surface area contributed by atoms with E-state index in [4.69, 9.17) is 5.11 Å². The van der Waals surface area contributed by atoms with Crippen LogP contribution < -0.4 is 26.2 Å². The number of para-hydroxylation sites is 2. The molecule has 544 valence electrons. The summed E-state index contributed by atoms with van der Waals surface area (Å²) >= 11 is 1.29. The van der Waals surface area contributed by atoms with Gasteiger partial charge in [0.05, 0.1) is 23.0 Å². The molecule has 0 saturated carbocycles. The lowest BCUT2D eigenvalue weighted by Crippen LogP contribution is -2.48. The number of aliphatic carboxylic acids is 3. The highest BCUT2D eigenvalue weighted by molar-refractivity contribution is 8.03. The van der Waals surface area contributed by atoms with Crippen molar-refractivity contribution in [3.05, 3.63) is 178 Å². The molecular weight excluding hydrogens is 1350 g/mol. The average molecular weight is 1450 g/mol. The van der Waals surface area contributed by atoms with Gasteiger partial charge in [-0.15, -0.1) is 11.8 Å². The normalized spacial score (nSPS) is 16.9. The van der Waals surface area contributed by atoms with Crippen LogP contribution in [0, 0.1) is 5.92 Å². The monoisotopic (exact) mass is 1450 g/mol. The number of carbonyl (C=O) groups excluding carboxylic acids is 5. The number of nitrogens with one attached hydrogen (secondary N) is 4. The van der Waals surface area contributed by atoms with Gasteiger partial charge in [-0.1, -0.05) is 123 Å². The van der Waals surface area contributed by atoms with Crippen molar-refractivity contribution in [3.63, 3.8) is 0 Å².